The van der Waals surface area contributed by atoms with E-state index in [-0.39, 0.29) is 29.8 Å². The number of benzene rings is 4. The molecule has 6 aromatic rings. The van der Waals surface area contributed by atoms with E-state index in [1.165, 1.54) is 20.3 Å². The number of imidazole rings is 2. The van der Waals surface area contributed by atoms with Crippen molar-refractivity contribution in [3.63, 3.8) is 0 Å². The Morgan fingerprint density at radius 2 is 1.39 bits per heavy atom. The van der Waals surface area contributed by atoms with Gasteiger partial charge >= 0.3 is 12.2 Å². The number of aromatic nitrogens is 4. The lowest BCUT2D eigenvalue weighted by molar-refractivity contribution is -0.135. The molecular formula is C47H49FN8O6. The number of carbonyl (C=O) groups is 4. The van der Waals surface area contributed by atoms with Gasteiger partial charge in [-0.15, -0.1) is 0 Å². The van der Waals surface area contributed by atoms with Crippen LogP contribution < -0.4 is 10.6 Å². The van der Waals surface area contributed by atoms with Gasteiger partial charge in [0.2, 0.25) is 5.91 Å². The Hall–Kier alpha value is -7.03. The van der Waals surface area contributed by atoms with Gasteiger partial charge in [-0.3, -0.25) is 9.59 Å². The molecule has 2 aliphatic heterocycles. The summed E-state index contributed by atoms with van der Waals surface area (Å²) >= 11 is 0. The van der Waals surface area contributed by atoms with Crippen molar-refractivity contribution >= 4 is 34.8 Å². The zero-order chi connectivity index (χ0) is 43.5. The molecule has 62 heavy (non-hydrogen) atoms. The number of H-pyrrole nitrogens is 2. The molecule has 2 aromatic heterocycles. The molecule has 14 nitrogen and oxygen atoms in total. The monoisotopic (exact) mass is 840 g/mol. The number of halogens is 1. The fourth-order valence-corrected chi connectivity index (χ4v) is 8.58. The molecule has 0 bridgehead atoms. The second-order valence-electron chi connectivity index (χ2n) is 16.0. The molecule has 4 atom stereocenters. The highest BCUT2D eigenvalue weighted by Gasteiger charge is 2.39. The van der Waals surface area contributed by atoms with Crippen LogP contribution in [0.3, 0.4) is 0 Å². The standard InChI is InChI=1S/C47H49FN8O6/c1-27(2)40(53-46(59)61-3)44(57)55-20-8-12-38(55)42-49-25-36(51-42)32-17-15-29-22-31(16-14-30(29)23-32)34-19-18-33(24-35(34)48)37-26-50-43(52-37)39-13-9-21-56(39)45(58)41(54-47(60)62-4)28-10-6-5-7-11-28/h5-7,10-11,14-19,22-27,38-41H,8-9,12-13,20-21H2,1-4H3,(H,49,51)(H,50,52)(H,53,59)(H,54,60)/t38-,39-,40-,41+/m0/s1. The number of amides is 4. The maximum atomic E-state index is 15.9. The van der Waals surface area contributed by atoms with Crippen LogP contribution in [0.1, 0.15) is 74.9 Å². The van der Waals surface area contributed by atoms with Gasteiger partial charge in [-0.1, -0.05) is 80.6 Å². The third-order valence-electron chi connectivity index (χ3n) is 11.8. The van der Waals surface area contributed by atoms with Crippen LogP contribution in [0.2, 0.25) is 0 Å². The molecule has 0 radical (unpaired) electrons. The predicted octanol–water partition coefficient (Wildman–Crippen LogP) is 8.23. The van der Waals surface area contributed by atoms with Gasteiger partial charge in [0, 0.05) is 36.0 Å². The molecule has 0 aliphatic carbocycles. The highest BCUT2D eigenvalue weighted by Crippen LogP contribution is 2.37. The molecule has 15 heteroatoms. The lowest BCUT2D eigenvalue weighted by atomic mass is 9.98. The Morgan fingerprint density at radius 1 is 0.758 bits per heavy atom. The number of hydrogen-bond donors (Lipinski definition) is 4. The molecule has 4 aromatic carbocycles. The van der Waals surface area contributed by atoms with Crippen LogP contribution >= 0.6 is 0 Å². The quantitative estimate of drug-likeness (QED) is 0.101. The summed E-state index contributed by atoms with van der Waals surface area (Å²) in [5.74, 6) is 0.310. The molecule has 4 amide bonds. The van der Waals surface area contributed by atoms with E-state index in [9.17, 15) is 19.2 Å². The van der Waals surface area contributed by atoms with Crippen molar-refractivity contribution in [2.45, 2.75) is 63.7 Å². The third-order valence-corrected chi connectivity index (χ3v) is 11.8. The van der Waals surface area contributed by atoms with Crippen molar-refractivity contribution in [2.75, 3.05) is 27.3 Å². The number of nitrogens with zero attached hydrogens (tertiary/aromatic N) is 4. The lowest BCUT2D eigenvalue weighted by Crippen LogP contribution is -2.51. The Bertz CT molecular complexity index is 2610. The minimum absolute atomic E-state index is 0.130. The molecule has 2 saturated heterocycles. The van der Waals surface area contributed by atoms with Gasteiger partial charge in [-0.2, -0.15) is 0 Å². The maximum absolute atomic E-state index is 15.9. The van der Waals surface area contributed by atoms with Crippen LogP contribution in [-0.4, -0.2) is 87.1 Å². The molecule has 0 unspecified atom stereocenters. The Labute approximate surface area is 358 Å². The Morgan fingerprint density at radius 3 is 2.06 bits per heavy atom. The van der Waals surface area contributed by atoms with Crippen molar-refractivity contribution in [2.24, 2.45) is 5.92 Å². The number of hydrogen-bond acceptors (Lipinski definition) is 8. The highest BCUT2D eigenvalue weighted by atomic mass is 19.1. The van der Waals surface area contributed by atoms with Gasteiger partial charge in [0.15, 0.2) is 0 Å². The Balaban J connectivity index is 0.961. The van der Waals surface area contributed by atoms with Crippen molar-refractivity contribution in [1.29, 1.82) is 0 Å². The number of alkyl carbamates (subject to hydrolysis) is 2. The van der Waals surface area contributed by atoms with E-state index >= 15 is 4.39 Å². The first-order chi connectivity index (χ1) is 30.0. The largest absolute Gasteiger partial charge is 0.453 e. The predicted molar refractivity (Wildman–Crippen MR) is 231 cm³/mol. The summed E-state index contributed by atoms with van der Waals surface area (Å²) in [5, 5.41) is 7.26. The fraction of sp³-hybridized carbons (Fsp3) is 0.319. The number of fused-ring (bicyclic) bond motifs is 1. The van der Waals surface area contributed by atoms with E-state index in [4.69, 9.17) is 14.5 Å². The summed E-state index contributed by atoms with van der Waals surface area (Å²) in [7, 11) is 2.53. The molecule has 4 N–H and O–H groups in total. The van der Waals surface area contributed by atoms with E-state index in [0.717, 1.165) is 46.9 Å². The van der Waals surface area contributed by atoms with E-state index in [1.807, 2.05) is 80.7 Å². The number of nitrogens with one attached hydrogen (secondary N) is 4. The molecule has 4 heterocycles. The van der Waals surface area contributed by atoms with Crippen molar-refractivity contribution < 1.29 is 33.0 Å². The van der Waals surface area contributed by atoms with Crippen LogP contribution in [0, 0.1) is 11.7 Å². The molecule has 0 saturated carbocycles. The van der Waals surface area contributed by atoms with Gasteiger partial charge in [0.05, 0.1) is 43.9 Å². The highest BCUT2D eigenvalue weighted by molar-refractivity contribution is 5.91. The summed E-state index contributed by atoms with van der Waals surface area (Å²) in [5.41, 5.74) is 4.68. The SMILES string of the molecule is COC(=O)N[C@H](C(=O)N1CCC[C@H]1c1nc(-c2ccc3cc(-c4ccc(-c5cnc([C@@H]6CCCN6C(=O)[C@H](NC(=O)OC)c6ccccc6)[nH]5)cc4F)ccc3c2)c[nH]1)C(C)C. The topological polar surface area (TPSA) is 175 Å². The molecule has 2 aliphatic rings. The minimum atomic E-state index is -0.932. The lowest BCUT2D eigenvalue weighted by Gasteiger charge is -2.29. The molecular weight excluding hydrogens is 792 g/mol. The average molecular weight is 841 g/mol. The summed E-state index contributed by atoms with van der Waals surface area (Å²) in [6.45, 7) is 4.83. The first-order valence-corrected chi connectivity index (χ1v) is 20.8. The number of aromatic amines is 2. The number of rotatable bonds is 11. The van der Waals surface area contributed by atoms with Crippen LogP contribution in [0.25, 0.3) is 44.4 Å². The third kappa shape index (κ3) is 8.47. The normalized spacial score (nSPS) is 17.3. The molecule has 8 rings (SSSR count). The summed E-state index contributed by atoms with van der Waals surface area (Å²) in [6, 6.07) is 23.7. The molecule has 0 spiro atoms. The van der Waals surface area contributed by atoms with Gasteiger partial charge in [0.25, 0.3) is 5.91 Å². The van der Waals surface area contributed by atoms with Crippen molar-refractivity contribution in [1.82, 2.24) is 40.4 Å². The zero-order valence-electron chi connectivity index (χ0n) is 35.0. The number of ether oxygens (including phenoxy) is 2. The summed E-state index contributed by atoms with van der Waals surface area (Å²) < 4.78 is 25.5. The van der Waals surface area contributed by atoms with Gasteiger partial charge in [-0.05, 0) is 71.7 Å². The average Bonchev–Trinajstić information content (AvgIpc) is 4.14. The van der Waals surface area contributed by atoms with Gasteiger partial charge in [0.1, 0.15) is 29.5 Å². The maximum Gasteiger partial charge on any atom is 0.407 e. The van der Waals surface area contributed by atoms with Crippen molar-refractivity contribution in [3.8, 4) is 33.6 Å². The van der Waals surface area contributed by atoms with Gasteiger partial charge in [-0.25, -0.2) is 23.9 Å². The van der Waals surface area contributed by atoms with E-state index in [1.54, 1.807) is 34.2 Å². The molecule has 2 fully saturated rings. The van der Waals surface area contributed by atoms with Crippen LogP contribution in [-0.2, 0) is 19.1 Å². The minimum Gasteiger partial charge on any atom is -0.453 e. The van der Waals surface area contributed by atoms with Crippen molar-refractivity contribution in [3.05, 3.63) is 120 Å². The number of likely N-dealkylation sites (tertiary alicyclic amines) is 2. The number of carbonyl (C=O) groups excluding carboxylic acids is 4. The van der Waals surface area contributed by atoms with Crippen LogP contribution in [0.15, 0.2) is 97.3 Å². The molecule has 320 valence electrons. The van der Waals surface area contributed by atoms with Crippen LogP contribution in [0.4, 0.5) is 14.0 Å². The number of methoxy groups -OCH3 is 2. The smallest absolute Gasteiger partial charge is 0.407 e. The van der Waals surface area contributed by atoms with Gasteiger partial charge < -0.3 is 39.9 Å². The van der Waals surface area contributed by atoms with E-state index < -0.39 is 30.1 Å². The van der Waals surface area contributed by atoms with E-state index in [0.29, 0.717) is 53.5 Å². The Kier molecular flexibility index (Phi) is 12.0. The van der Waals surface area contributed by atoms with Crippen LogP contribution in [0.5, 0.6) is 0 Å². The fourth-order valence-electron chi connectivity index (χ4n) is 8.58. The first-order valence-electron chi connectivity index (χ1n) is 20.8. The second kappa shape index (κ2) is 17.9. The summed E-state index contributed by atoms with van der Waals surface area (Å²) in [6.07, 6.45) is 5.15. The zero-order valence-corrected chi connectivity index (χ0v) is 35.0. The summed E-state index contributed by atoms with van der Waals surface area (Å²) in [4.78, 5) is 71.4. The van der Waals surface area contributed by atoms with E-state index in [2.05, 4.69) is 25.6 Å². The first kappa shape index (κ1) is 41.7. The second-order valence-corrected chi connectivity index (χ2v) is 16.0.